The Balaban J connectivity index is 2.73. The molecule has 1 heterocycles. The normalized spacial score (nSPS) is 11.1. The maximum absolute atomic E-state index is 11.6. The molecule has 0 aliphatic carbocycles. The summed E-state index contributed by atoms with van der Waals surface area (Å²) in [5, 5.41) is 15.9. The molecule has 0 aliphatic heterocycles. The molecule has 0 saturated heterocycles. The summed E-state index contributed by atoms with van der Waals surface area (Å²) in [5.41, 5.74) is 0.213. The fourth-order valence-corrected chi connectivity index (χ4v) is 1.70. The van der Waals surface area contributed by atoms with Crippen LogP contribution >= 0.6 is 0 Å². The van der Waals surface area contributed by atoms with Gasteiger partial charge in [0.05, 0.1) is 17.0 Å². The number of sulfonamides is 1. The van der Waals surface area contributed by atoms with Crippen molar-refractivity contribution in [2.75, 3.05) is 12.3 Å². The molecule has 1 amide bonds. The molecule has 1 rings (SSSR count). The maximum Gasteiger partial charge on any atom is 0.337 e. The molecule has 0 unspecified atom stereocenters. The highest BCUT2D eigenvalue weighted by Gasteiger charge is 2.13. The second kappa shape index (κ2) is 5.76. The minimum atomic E-state index is -3.64. The van der Waals surface area contributed by atoms with Crippen LogP contribution in [0.2, 0.25) is 0 Å². The molecule has 0 atom stereocenters. The van der Waals surface area contributed by atoms with E-state index in [9.17, 15) is 18.0 Å². The van der Waals surface area contributed by atoms with Crippen molar-refractivity contribution in [3.63, 3.8) is 0 Å². The monoisotopic (exact) mass is 287 g/mol. The van der Waals surface area contributed by atoms with Crippen molar-refractivity contribution < 1.29 is 23.1 Å². The number of carboxylic acids is 1. The number of carboxylic acid groups (broad SMARTS) is 1. The second-order valence-corrected chi connectivity index (χ2v) is 5.49. The first-order chi connectivity index (χ1) is 8.70. The van der Waals surface area contributed by atoms with E-state index in [1.54, 1.807) is 0 Å². The molecule has 8 nitrogen and oxygen atoms in total. The molecule has 1 aromatic heterocycles. The topological polar surface area (TPSA) is 139 Å². The van der Waals surface area contributed by atoms with E-state index in [4.69, 9.17) is 10.2 Å². The van der Waals surface area contributed by atoms with E-state index in [0.29, 0.717) is 0 Å². The molecule has 19 heavy (non-hydrogen) atoms. The molecule has 0 aliphatic rings. The lowest BCUT2D eigenvalue weighted by Gasteiger charge is -2.05. The van der Waals surface area contributed by atoms with Crippen LogP contribution in [0.5, 0.6) is 0 Å². The molecule has 1 aromatic rings. The van der Waals surface area contributed by atoms with Crippen molar-refractivity contribution in [2.24, 2.45) is 5.14 Å². The van der Waals surface area contributed by atoms with E-state index in [-0.39, 0.29) is 29.2 Å². The van der Waals surface area contributed by atoms with Gasteiger partial charge in [0, 0.05) is 6.54 Å². The molecule has 4 N–H and O–H groups in total. The van der Waals surface area contributed by atoms with E-state index in [2.05, 4.69) is 10.3 Å². The number of primary sulfonamides is 1. The van der Waals surface area contributed by atoms with Gasteiger partial charge in [-0.15, -0.1) is 0 Å². The first-order valence-corrected chi connectivity index (χ1v) is 6.92. The van der Waals surface area contributed by atoms with Crippen molar-refractivity contribution >= 4 is 21.9 Å². The Bertz CT molecular complexity index is 612. The van der Waals surface area contributed by atoms with Crippen LogP contribution in [0, 0.1) is 6.92 Å². The predicted octanol–water partition coefficient (Wildman–Crippen LogP) is -0.893. The van der Waals surface area contributed by atoms with Crippen LogP contribution in [0.1, 0.15) is 26.5 Å². The molecule has 9 heteroatoms. The van der Waals surface area contributed by atoms with Crippen molar-refractivity contribution in [2.45, 2.75) is 6.92 Å². The standard InChI is InChI=1S/C10H13N3O5S/c1-6-7(10(15)16)2-3-8(13-6)9(14)12-4-5-19(11,17)18/h2-3H,4-5H2,1H3,(H,12,14)(H,15,16)(H2,11,17,18). The van der Waals surface area contributed by atoms with Crippen molar-refractivity contribution in [3.8, 4) is 0 Å². The van der Waals surface area contributed by atoms with Crippen molar-refractivity contribution in [1.29, 1.82) is 0 Å². The number of nitrogens with one attached hydrogen (secondary N) is 1. The number of aromatic nitrogens is 1. The molecule has 0 fully saturated rings. The summed E-state index contributed by atoms with van der Waals surface area (Å²) in [4.78, 5) is 26.2. The summed E-state index contributed by atoms with van der Waals surface area (Å²) >= 11 is 0. The van der Waals surface area contributed by atoms with Gasteiger partial charge >= 0.3 is 5.97 Å². The number of aromatic carboxylic acids is 1. The Kier molecular flexibility index (Phi) is 4.57. The van der Waals surface area contributed by atoms with Gasteiger partial charge in [-0.25, -0.2) is 23.3 Å². The summed E-state index contributed by atoms with van der Waals surface area (Å²) < 4.78 is 21.3. The van der Waals surface area contributed by atoms with Gasteiger partial charge in [0.1, 0.15) is 5.69 Å². The number of hydrogen-bond donors (Lipinski definition) is 3. The SMILES string of the molecule is Cc1nc(C(=O)NCCS(N)(=O)=O)ccc1C(=O)O. The van der Waals surface area contributed by atoms with Crippen LogP contribution in [-0.4, -0.2) is 42.7 Å². The highest BCUT2D eigenvalue weighted by atomic mass is 32.2. The van der Waals surface area contributed by atoms with E-state index in [1.807, 2.05) is 0 Å². The summed E-state index contributed by atoms with van der Waals surface area (Å²) in [6.45, 7) is 1.32. The Morgan fingerprint density at radius 1 is 1.42 bits per heavy atom. The largest absolute Gasteiger partial charge is 0.478 e. The maximum atomic E-state index is 11.6. The summed E-state index contributed by atoms with van der Waals surface area (Å²) in [5.74, 6) is -2.11. The van der Waals surface area contributed by atoms with Gasteiger partial charge in [-0.3, -0.25) is 4.79 Å². The number of amides is 1. The first-order valence-electron chi connectivity index (χ1n) is 5.20. The molecule has 0 aromatic carbocycles. The number of rotatable bonds is 5. The van der Waals surface area contributed by atoms with Gasteiger partial charge < -0.3 is 10.4 Å². The van der Waals surface area contributed by atoms with Gasteiger partial charge in [0.25, 0.3) is 5.91 Å². The molecule has 0 spiro atoms. The third-order valence-electron chi connectivity index (χ3n) is 2.22. The Morgan fingerprint density at radius 2 is 2.05 bits per heavy atom. The lowest BCUT2D eigenvalue weighted by Crippen LogP contribution is -2.32. The van der Waals surface area contributed by atoms with Gasteiger partial charge in [-0.05, 0) is 19.1 Å². The number of carbonyl (C=O) groups is 2. The zero-order chi connectivity index (χ0) is 14.6. The fraction of sp³-hybridized carbons (Fsp3) is 0.300. The summed E-state index contributed by atoms with van der Waals surface area (Å²) in [7, 11) is -3.64. The molecule has 0 saturated carbocycles. The summed E-state index contributed by atoms with van der Waals surface area (Å²) in [6.07, 6.45) is 0. The van der Waals surface area contributed by atoms with Crippen LogP contribution in [0.15, 0.2) is 12.1 Å². The van der Waals surface area contributed by atoms with Crippen LogP contribution in [0.4, 0.5) is 0 Å². The lowest BCUT2D eigenvalue weighted by molar-refractivity contribution is 0.0694. The first kappa shape index (κ1) is 15.1. The highest BCUT2D eigenvalue weighted by molar-refractivity contribution is 7.89. The molecular weight excluding hydrogens is 274 g/mol. The third kappa shape index (κ3) is 4.64. The Labute approximate surface area is 109 Å². The number of pyridine rings is 1. The average Bonchev–Trinajstić information content (AvgIpc) is 2.26. The zero-order valence-electron chi connectivity index (χ0n) is 10.1. The van der Waals surface area contributed by atoms with E-state index in [0.717, 1.165) is 0 Å². The molecular formula is C10H13N3O5S. The fourth-order valence-electron chi connectivity index (χ4n) is 1.31. The highest BCUT2D eigenvalue weighted by Crippen LogP contribution is 2.06. The third-order valence-corrected chi connectivity index (χ3v) is 2.99. The second-order valence-electron chi connectivity index (χ2n) is 3.76. The van der Waals surface area contributed by atoms with E-state index >= 15 is 0 Å². The predicted molar refractivity (Wildman–Crippen MR) is 66.2 cm³/mol. The summed E-state index contributed by atoms with van der Waals surface area (Å²) in [6, 6.07) is 2.52. The van der Waals surface area contributed by atoms with Crippen LogP contribution in [-0.2, 0) is 10.0 Å². The van der Waals surface area contributed by atoms with Crippen LogP contribution in [0.25, 0.3) is 0 Å². The lowest BCUT2D eigenvalue weighted by atomic mass is 10.2. The van der Waals surface area contributed by atoms with Crippen molar-refractivity contribution in [1.82, 2.24) is 10.3 Å². The number of hydrogen-bond acceptors (Lipinski definition) is 5. The Hall–Kier alpha value is -2.00. The van der Waals surface area contributed by atoms with Gasteiger partial charge in [-0.1, -0.05) is 0 Å². The quantitative estimate of drug-likeness (QED) is 0.641. The molecule has 0 bridgehead atoms. The average molecular weight is 287 g/mol. The minimum absolute atomic E-state index is 0.00101. The van der Waals surface area contributed by atoms with Crippen LogP contribution < -0.4 is 10.5 Å². The smallest absolute Gasteiger partial charge is 0.337 e. The minimum Gasteiger partial charge on any atom is -0.478 e. The zero-order valence-corrected chi connectivity index (χ0v) is 10.9. The number of nitrogens with two attached hydrogens (primary N) is 1. The van der Waals surface area contributed by atoms with Crippen LogP contribution in [0.3, 0.4) is 0 Å². The van der Waals surface area contributed by atoms with Gasteiger partial charge in [0.2, 0.25) is 10.0 Å². The van der Waals surface area contributed by atoms with E-state index in [1.165, 1.54) is 19.1 Å². The van der Waals surface area contributed by atoms with Gasteiger partial charge in [-0.2, -0.15) is 0 Å². The number of aryl methyl sites for hydroxylation is 1. The van der Waals surface area contributed by atoms with E-state index < -0.39 is 21.9 Å². The molecule has 104 valence electrons. The number of carbonyl (C=O) groups excluding carboxylic acids is 1. The van der Waals surface area contributed by atoms with Gasteiger partial charge in [0.15, 0.2) is 0 Å². The molecule has 0 radical (unpaired) electrons. The number of nitrogens with zero attached hydrogens (tertiary/aromatic N) is 1. The van der Waals surface area contributed by atoms with Crippen molar-refractivity contribution in [3.05, 3.63) is 29.1 Å². The Morgan fingerprint density at radius 3 is 2.53 bits per heavy atom.